The van der Waals surface area contributed by atoms with E-state index < -0.39 is 29.7 Å². The molecule has 0 radical (unpaired) electrons. The van der Waals surface area contributed by atoms with Crippen LogP contribution in [0.4, 0.5) is 0 Å². The lowest BCUT2D eigenvalue weighted by Gasteiger charge is -2.29. The van der Waals surface area contributed by atoms with E-state index in [9.17, 15) is 19.2 Å². The van der Waals surface area contributed by atoms with E-state index in [0.29, 0.717) is 49.5 Å². The topological polar surface area (TPSA) is 96.0 Å². The van der Waals surface area contributed by atoms with E-state index in [2.05, 4.69) is 5.32 Å². The van der Waals surface area contributed by atoms with Crippen LogP contribution in [0.3, 0.4) is 0 Å². The van der Waals surface area contributed by atoms with Crippen LogP contribution in [0.1, 0.15) is 41.6 Å². The highest BCUT2D eigenvalue weighted by molar-refractivity contribution is 6.38. The Morgan fingerprint density at radius 2 is 1.48 bits per heavy atom. The van der Waals surface area contributed by atoms with Gasteiger partial charge in [-0.05, 0) is 61.6 Å². The van der Waals surface area contributed by atoms with Gasteiger partial charge in [0.2, 0.25) is 11.7 Å². The van der Waals surface area contributed by atoms with Gasteiger partial charge in [-0.3, -0.25) is 19.2 Å². The maximum Gasteiger partial charge on any atom is 0.292 e. The van der Waals surface area contributed by atoms with E-state index in [1.54, 1.807) is 29.2 Å². The van der Waals surface area contributed by atoms with Crippen molar-refractivity contribution in [1.29, 1.82) is 0 Å². The van der Waals surface area contributed by atoms with Crippen molar-refractivity contribution in [2.75, 3.05) is 19.6 Å². The van der Waals surface area contributed by atoms with Crippen molar-refractivity contribution in [2.45, 2.75) is 44.2 Å². The number of ether oxygens (including phenoxy) is 1. The number of carbonyl (C=O) groups is 4. The predicted molar refractivity (Wildman–Crippen MR) is 150 cm³/mol. The smallest absolute Gasteiger partial charge is 0.292 e. The maximum absolute atomic E-state index is 13.9. The molecule has 2 aliphatic heterocycles. The van der Waals surface area contributed by atoms with Crippen LogP contribution >= 0.6 is 0 Å². The molecular weight excluding hydrogens is 506 g/mol. The summed E-state index contributed by atoms with van der Waals surface area (Å²) in [5, 5.41) is 2.90. The Hall–Kier alpha value is -4.46. The minimum Gasteiger partial charge on any atom is -0.457 e. The first-order chi connectivity index (χ1) is 19.5. The number of likely N-dealkylation sites (tertiary alicyclic amines) is 2. The second-order valence-electron chi connectivity index (χ2n) is 10.2. The first kappa shape index (κ1) is 27.1. The molecule has 2 fully saturated rings. The zero-order chi connectivity index (χ0) is 27.9. The number of benzene rings is 3. The second-order valence-corrected chi connectivity index (χ2v) is 10.2. The summed E-state index contributed by atoms with van der Waals surface area (Å²) in [6.45, 7) is 1.51. The number of nitrogens with one attached hydrogen (secondary N) is 1. The molecule has 0 aliphatic carbocycles. The molecule has 3 aromatic rings. The summed E-state index contributed by atoms with van der Waals surface area (Å²) in [7, 11) is 0. The first-order valence-corrected chi connectivity index (χ1v) is 13.8. The first-order valence-electron chi connectivity index (χ1n) is 13.8. The normalized spacial score (nSPS) is 17.4. The lowest BCUT2D eigenvalue weighted by Crippen LogP contribution is -2.54. The van der Waals surface area contributed by atoms with Gasteiger partial charge < -0.3 is 19.9 Å². The molecule has 2 aliphatic rings. The van der Waals surface area contributed by atoms with Crippen molar-refractivity contribution in [2.24, 2.45) is 0 Å². The van der Waals surface area contributed by atoms with Crippen molar-refractivity contribution < 1.29 is 23.9 Å². The van der Waals surface area contributed by atoms with Crippen LogP contribution in [-0.4, -0.2) is 65.0 Å². The Labute approximate surface area is 233 Å². The number of hydrogen-bond acceptors (Lipinski definition) is 5. The van der Waals surface area contributed by atoms with Crippen molar-refractivity contribution >= 4 is 23.5 Å². The third-order valence-corrected chi connectivity index (χ3v) is 7.40. The lowest BCUT2D eigenvalue weighted by atomic mass is 10.0. The molecule has 0 saturated carbocycles. The van der Waals surface area contributed by atoms with Crippen LogP contribution < -0.4 is 10.1 Å². The molecule has 1 N–H and O–H groups in total. The summed E-state index contributed by atoms with van der Waals surface area (Å²) in [5.41, 5.74) is 1.22. The highest BCUT2D eigenvalue weighted by atomic mass is 16.5. The van der Waals surface area contributed by atoms with Crippen LogP contribution in [0.5, 0.6) is 11.5 Å². The molecule has 3 aromatic carbocycles. The minimum absolute atomic E-state index is 0.253. The van der Waals surface area contributed by atoms with E-state index in [-0.39, 0.29) is 12.3 Å². The van der Waals surface area contributed by atoms with E-state index in [4.69, 9.17) is 4.74 Å². The third-order valence-electron chi connectivity index (χ3n) is 7.40. The standard InChI is InChI=1S/C32H33N3O5/c36-29(32(39)34-18-7-8-19-34)28-17-10-20-35(28)31(38)27(21-23-11-3-1-4-12-23)33-30(37)24-13-9-16-26(22-24)40-25-14-5-2-6-15-25/h1-6,9,11-16,22,27-28H,7-8,10,17-21H2,(H,33,37)/t27-,28-/m0/s1. The maximum atomic E-state index is 13.9. The zero-order valence-corrected chi connectivity index (χ0v) is 22.3. The van der Waals surface area contributed by atoms with Crippen LogP contribution in [0.2, 0.25) is 0 Å². The molecule has 2 atom stereocenters. The summed E-state index contributed by atoms with van der Waals surface area (Å²) in [6.07, 6.45) is 3.09. The molecule has 5 rings (SSSR count). The molecule has 8 nitrogen and oxygen atoms in total. The van der Waals surface area contributed by atoms with Gasteiger partial charge in [0.1, 0.15) is 23.6 Å². The average Bonchev–Trinajstić information content (AvgIpc) is 3.70. The van der Waals surface area contributed by atoms with Crippen LogP contribution in [0, 0.1) is 0 Å². The van der Waals surface area contributed by atoms with Gasteiger partial charge >= 0.3 is 0 Å². The van der Waals surface area contributed by atoms with Crippen LogP contribution in [-0.2, 0) is 20.8 Å². The summed E-state index contributed by atoms with van der Waals surface area (Å²) < 4.78 is 5.87. The van der Waals surface area contributed by atoms with Crippen molar-refractivity contribution in [3.63, 3.8) is 0 Å². The predicted octanol–water partition coefficient (Wildman–Crippen LogP) is 4.00. The van der Waals surface area contributed by atoms with Gasteiger partial charge in [0.05, 0.1) is 0 Å². The Bertz CT molecular complexity index is 1360. The number of ketones is 1. The molecule has 0 bridgehead atoms. The van der Waals surface area contributed by atoms with Crippen molar-refractivity contribution in [1.82, 2.24) is 15.1 Å². The molecule has 2 heterocycles. The molecule has 0 aromatic heterocycles. The van der Waals surface area contributed by atoms with Gasteiger partial charge in [0, 0.05) is 31.6 Å². The minimum atomic E-state index is -0.913. The molecule has 206 valence electrons. The monoisotopic (exact) mass is 539 g/mol. The Morgan fingerprint density at radius 1 is 0.800 bits per heavy atom. The van der Waals surface area contributed by atoms with Crippen molar-refractivity contribution in [3.8, 4) is 11.5 Å². The largest absolute Gasteiger partial charge is 0.457 e. The second kappa shape index (κ2) is 12.6. The van der Waals surface area contributed by atoms with E-state index in [1.807, 2.05) is 60.7 Å². The summed E-state index contributed by atoms with van der Waals surface area (Å²) in [6, 6.07) is 23.7. The zero-order valence-electron chi connectivity index (χ0n) is 22.3. The lowest BCUT2D eigenvalue weighted by molar-refractivity contribution is -0.149. The van der Waals surface area contributed by atoms with Gasteiger partial charge in [-0.1, -0.05) is 54.6 Å². The van der Waals surface area contributed by atoms with Crippen molar-refractivity contribution in [3.05, 3.63) is 96.1 Å². The fourth-order valence-electron chi connectivity index (χ4n) is 5.34. The van der Waals surface area contributed by atoms with E-state index in [0.717, 1.165) is 18.4 Å². The number of nitrogens with zero attached hydrogens (tertiary/aromatic N) is 2. The fraction of sp³-hybridized carbons (Fsp3) is 0.312. The summed E-state index contributed by atoms with van der Waals surface area (Å²) in [5.74, 6) is -0.702. The molecular formula is C32H33N3O5. The summed E-state index contributed by atoms with van der Waals surface area (Å²) in [4.78, 5) is 56.4. The fourth-order valence-corrected chi connectivity index (χ4v) is 5.34. The Balaban J connectivity index is 1.34. The van der Waals surface area contributed by atoms with Gasteiger partial charge in [0.15, 0.2) is 0 Å². The van der Waals surface area contributed by atoms with E-state index in [1.165, 1.54) is 4.90 Å². The number of rotatable bonds is 9. The van der Waals surface area contributed by atoms with Gasteiger partial charge in [-0.25, -0.2) is 0 Å². The number of carbonyl (C=O) groups excluding carboxylic acids is 4. The molecule has 0 unspecified atom stereocenters. The van der Waals surface area contributed by atoms with Gasteiger partial charge in [-0.2, -0.15) is 0 Å². The van der Waals surface area contributed by atoms with Crippen LogP contribution in [0.15, 0.2) is 84.9 Å². The molecule has 0 spiro atoms. The molecule has 2 saturated heterocycles. The highest BCUT2D eigenvalue weighted by Crippen LogP contribution is 2.24. The highest BCUT2D eigenvalue weighted by Gasteiger charge is 2.41. The molecule has 40 heavy (non-hydrogen) atoms. The number of Topliss-reactive ketones (excluding diaryl/α,β-unsaturated/α-hetero) is 1. The quantitative estimate of drug-likeness (QED) is 0.415. The van der Waals surface area contributed by atoms with Gasteiger partial charge in [-0.15, -0.1) is 0 Å². The van der Waals surface area contributed by atoms with Crippen LogP contribution in [0.25, 0.3) is 0 Å². The SMILES string of the molecule is O=C(N[C@@H](Cc1ccccc1)C(=O)N1CCC[C@H]1C(=O)C(=O)N1CCCC1)c1cccc(Oc2ccccc2)c1. The number of para-hydroxylation sites is 1. The van der Waals surface area contributed by atoms with E-state index >= 15 is 0 Å². The molecule has 3 amide bonds. The number of amides is 3. The average molecular weight is 540 g/mol. The Kier molecular flexibility index (Phi) is 8.54. The van der Waals surface area contributed by atoms with Gasteiger partial charge in [0.25, 0.3) is 11.8 Å². The number of hydrogen-bond donors (Lipinski definition) is 1. The Morgan fingerprint density at radius 3 is 2.20 bits per heavy atom. The molecule has 8 heteroatoms. The summed E-state index contributed by atoms with van der Waals surface area (Å²) >= 11 is 0. The third kappa shape index (κ3) is 6.39.